The molecule has 0 aromatic carbocycles. The van der Waals surface area contributed by atoms with Crippen LogP contribution in [0.1, 0.15) is 24.8 Å². The Morgan fingerprint density at radius 1 is 1.69 bits per heavy atom. The first kappa shape index (κ1) is 10.2. The Kier molecular flexibility index (Phi) is 3.92. The van der Waals surface area contributed by atoms with Gasteiger partial charge < -0.3 is 14.9 Å². The van der Waals surface area contributed by atoms with Crippen molar-refractivity contribution in [3.63, 3.8) is 0 Å². The molecule has 0 radical (unpaired) electrons. The van der Waals surface area contributed by atoms with E-state index in [9.17, 15) is 0 Å². The van der Waals surface area contributed by atoms with Gasteiger partial charge in [0.15, 0.2) is 0 Å². The number of hydrogen-bond donors (Lipinski definition) is 2. The zero-order chi connectivity index (χ0) is 9.68. The highest BCUT2D eigenvalue weighted by Crippen LogP contribution is 2.00. The van der Waals surface area contributed by atoms with Gasteiger partial charge >= 0.3 is 0 Å². The highest BCUT2D eigenvalue weighted by molar-refractivity contribution is 5.02. The molecule has 4 heteroatoms. The summed E-state index contributed by atoms with van der Waals surface area (Å²) < 4.78 is 4.90. The first-order valence-electron chi connectivity index (χ1n) is 4.49. The lowest BCUT2D eigenvalue weighted by Gasteiger charge is -2.03. The summed E-state index contributed by atoms with van der Waals surface area (Å²) in [7, 11) is 0. The van der Waals surface area contributed by atoms with E-state index in [1.807, 2.05) is 13.0 Å². The van der Waals surface area contributed by atoms with Crippen LogP contribution in [-0.4, -0.2) is 22.9 Å². The van der Waals surface area contributed by atoms with E-state index < -0.39 is 0 Å². The lowest BCUT2D eigenvalue weighted by Crippen LogP contribution is -2.18. The lowest BCUT2D eigenvalue weighted by atomic mass is 10.3. The molecule has 2 N–H and O–H groups in total. The van der Waals surface area contributed by atoms with Gasteiger partial charge in [0.05, 0.1) is 11.8 Å². The molecule has 74 valence electrons. The number of aryl methyl sites for hydroxylation is 1. The molecule has 1 unspecified atom stereocenters. The molecule has 13 heavy (non-hydrogen) atoms. The van der Waals surface area contributed by atoms with Crippen LogP contribution in [0.15, 0.2) is 10.6 Å². The van der Waals surface area contributed by atoms with Crippen LogP contribution < -0.4 is 5.32 Å². The smallest absolute Gasteiger partial charge is 0.133 e. The van der Waals surface area contributed by atoms with Gasteiger partial charge in [-0.3, -0.25) is 0 Å². The van der Waals surface area contributed by atoms with Gasteiger partial charge in [-0.05, 0) is 26.8 Å². The molecule has 0 aliphatic heterocycles. The average molecular weight is 184 g/mol. The van der Waals surface area contributed by atoms with E-state index in [1.165, 1.54) is 0 Å². The van der Waals surface area contributed by atoms with Gasteiger partial charge in [0.25, 0.3) is 0 Å². The van der Waals surface area contributed by atoms with Crippen LogP contribution in [0.3, 0.4) is 0 Å². The third-order valence-corrected chi connectivity index (χ3v) is 1.72. The summed E-state index contributed by atoms with van der Waals surface area (Å²) in [6.07, 6.45) is 0.517. The predicted molar refractivity (Wildman–Crippen MR) is 49.2 cm³/mol. The number of aromatic nitrogens is 1. The minimum atomic E-state index is -0.244. The van der Waals surface area contributed by atoms with Crippen molar-refractivity contribution in [2.75, 3.05) is 6.54 Å². The first-order valence-corrected chi connectivity index (χ1v) is 4.49. The molecule has 1 aromatic rings. The Labute approximate surface area is 77.9 Å². The quantitative estimate of drug-likeness (QED) is 0.666. The van der Waals surface area contributed by atoms with Gasteiger partial charge in [-0.1, -0.05) is 5.16 Å². The predicted octanol–water partition coefficient (Wildman–Crippen LogP) is 0.844. The minimum absolute atomic E-state index is 0.244. The molecule has 1 aromatic heterocycles. The molecule has 1 rings (SSSR count). The van der Waals surface area contributed by atoms with Crippen molar-refractivity contribution >= 4 is 0 Å². The topological polar surface area (TPSA) is 58.3 Å². The van der Waals surface area contributed by atoms with Crippen molar-refractivity contribution in [3.05, 3.63) is 17.5 Å². The summed E-state index contributed by atoms with van der Waals surface area (Å²) in [5.41, 5.74) is 0.906. The molecule has 0 aliphatic rings. The summed E-state index contributed by atoms with van der Waals surface area (Å²) in [5, 5.41) is 16.0. The van der Waals surface area contributed by atoms with Crippen molar-refractivity contribution in [2.24, 2.45) is 0 Å². The van der Waals surface area contributed by atoms with Crippen LogP contribution in [-0.2, 0) is 6.54 Å². The summed E-state index contributed by atoms with van der Waals surface area (Å²) >= 11 is 0. The molecule has 0 bridgehead atoms. The van der Waals surface area contributed by atoms with E-state index in [4.69, 9.17) is 9.63 Å². The van der Waals surface area contributed by atoms with Gasteiger partial charge in [-0.2, -0.15) is 0 Å². The molecule has 0 aliphatic carbocycles. The fourth-order valence-corrected chi connectivity index (χ4v) is 1.03. The van der Waals surface area contributed by atoms with Gasteiger partial charge in [0, 0.05) is 12.6 Å². The van der Waals surface area contributed by atoms with Crippen molar-refractivity contribution in [1.29, 1.82) is 0 Å². The second-order valence-electron chi connectivity index (χ2n) is 3.24. The van der Waals surface area contributed by atoms with Gasteiger partial charge in [-0.25, -0.2) is 0 Å². The molecule has 0 saturated heterocycles. The summed E-state index contributed by atoms with van der Waals surface area (Å²) in [5.74, 6) is 0.826. The van der Waals surface area contributed by atoms with E-state index in [0.29, 0.717) is 6.54 Å². The molecular formula is C9H16N2O2. The minimum Gasteiger partial charge on any atom is -0.393 e. The molecule has 1 heterocycles. The Morgan fingerprint density at radius 3 is 3.00 bits per heavy atom. The van der Waals surface area contributed by atoms with E-state index in [1.54, 1.807) is 6.92 Å². The average Bonchev–Trinajstić information content (AvgIpc) is 2.45. The molecular weight excluding hydrogens is 168 g/mol. The Hall–Kier alpha value is -0.870. The van der Waals surface area contributed by atoms with Crippen molar-refractivity contribution in [2.45, 2.75) is 32.9 Å². The van der Waals surface area contributed by atoms with E-state index in [-0.39, 0.29) is 6.10 Å². The fraction of sp³-hybridized carbons (Fsp3) is 0.667. The molecule has 1 atom stereocenters. The number of nitrogens with zero attached hydrogens (tertiary/aromatic N) is 1. The monoisotopic (exact) mass is 184 g/mol. The number of rotatable bonds is 5. The number of aliphatic hydroxyl groups is 1. The normalized spacial score (nSPS) is 13.2. The highest BCUT2D eigenvalue weighted by atomic mass is 16.5. The van der Waals surface area contributed by atoms with E-state index in [2.05, 4.69) is 10.5 Å². The largest absolute Gasteiger partial charge is 0.393 e. The number of hydrogen-bond acceptors (Lipinski definition) is 4. The Morgan fingerprint density at radius 2 is 2.46 bits per heavy atom. The molecule has 4 nitrogen and oxygen atoms in total. The Bertz CT molecular complexity index is 246. The van der Waals surface area contributed by atoms with E-state index in [0.717, 1.165) is 24.4 Å². The van der Waals surface area contributed by atoms with Crippen molar-refractivity contribution < 1.29 is 9.63 Å². The number of aliphatic hydroxyl groups excluding tert-OH is 1. The standard InChI is InChI=1S/C9H16N2O2/c1-7(12)3-4-10-6-9-5-8(2)13-11-9/h5,7,10,12H,3-4,6H2,1-2H3. The zero-order valence-electron chi connectivity index (χ0n) is 8.08. The fourth-order valence-electron chi connectivity index (χ4n) is 1.03. The maximum Gasteiger partial charge on any atom is 0.133 e. The SMILES string of the molecule is Cc1cc(CNCCC(C)O)no1. The third kappa shape index (κ3) is 4.05. The van der Waals surface area contributed by atoms with E-state index >= 15 is 0 Å². The third-order valence-electron chi connectivity index (χ3n) is 1.72. The number of nitrogens with one attached hydrogen (secondary N) is 1. The maximum atomic E-state index is 8.98. The van der Waals surface area contributed by atoms with Gasteiger partial charge in [0.1, 0.15) is 5.76 Å². The highest BCUT2D eigenvalue weighted by Gasteiger charge is 1.99. The molecule has 0 fully saturated rings. The van der Waals surface area contributed by atoms with Crippen LogP contribution in [0.25, 0.3) is 0 Å². The van der Waals surface area contributed by atoms with Crippen LogP contribution in [0.5, 0.6) is 0 Å². The van der Waals surface area contributed by atoms with Crippen LogP contribution in [0.2, 0.25) is 0 Å². The summed E-state index contributed by atoms with van der Waals surface area (Å²) in [4.78, 5) is 0. The summed E-state index contributed by atoms with van der Waals surface area (Å²) in [6.45, 7) is 5.14. The van der Waals surface area contributed by atoms with Crippen LogP contribution >= 0.6 is 0 Å². The Balaban J connectivity index is 2.13. The maximum absolute atomic E-state index is 8.98. The summed E-state index contributed by atoms with van der Waals surface area (Å²) in [6, 6.07) is 1.90. The molecule has 0 saturated carbocycles. The first-order chi connectivity index (χ1) is 6.18. The van der Waals surface area contributed by atoms with Crippen LogP contribution in [0.4, 0.5) is 0 Å². The van der Waals surface area contributed by atoms with Crippen molar-refractivity contribution in [3.8, 4) is 0 Å². The zero-order valence-corrected chi connectivity index (χ0v) is 8.08. The molecule has 0 spiro atoms. The second kappa shape index (κ2) is 4.99. The second-order valence-corrected chi connectivity index (χ2v) is 3.24. The van der Waals surface area contributed by atoms with Gasteiger partial charge in [0.2, 0.25) is 0 Å². The van der Waals surface area contributed by atoms with Crippen LogP contribution in [0, 0.1) is 6.92 Å². The van der Waals surface area contributed by atoms with Crippen molar-refractivity contribution in [1.82, 2.24) is 10.5 Å². The van der Waals surface area contributed by atoms with Gasteiger partial charge in [-0.15, -0.1) is 0 Å². The lowest BCUT2D eigenvalue weighted by molar-refractivity contribution is 0.183. The molecule has 0 amide bonds.